The molecule has 2 rings (SSSR count). The van der Waals surface area contributed by atoms with E-state index in [0.717, 1.165) is 11.3 Å². The minimum absolute atomic E-state index is 0.183. The normalized spacial score (nSPS) is 9.95. The lowest BCUT2D eigenvalue weighted by atomic mass is 10.2. The van der Waals surface area contributed by atoms with E-state index in [1.54, 1.807) is 7.05 Å². The van der Waals surface area contributed by atoms with Gasteiger partial charge in [0.25, 0.3) is 0 Å². The highest BCUT2D eigenvalue weighted by Crippen LogP contribution is 2.12. The molecule has 0 radical (unpaired) electrons. The highest BCUT2D eigenvalue weighted by atomic mass is 16.5. The van der Waals surface area contributed by atoms with Gasteiger partial charge in [-0.05, 0) is 17.7 Å². The fourth-order valence-electron chi connectivity index (χ4n) is 1.83. The number of esters is 1. The van der Waals surface area contributed by atoms with Crippen molar-refractivity contribution < 1.29 is 14.3 Å². The van der Waals surface area contributed by atoms with Crippen LogP contribution in [-0.4, -0.2) is 18.9 Å². The molecule has 2 aromatic carbocycles. The van der Waals surface area contributed by atoms with Crippen molar-refractivity contribution in [3.63, 3.8) is 0 Å². The third-order valence-corrected chi connectivity index (χ3v) is 3.06. The Balaban J connectivity index is 1.83. The van der Waals surface area contributed by atoms with Crippen LogP contribution in [0.1, 0.15) is 12.0 Å². The zero-order valence-electron chi connectivity index (χ0n) is 11.9. The zero-order valence-corrected chi connectivity index (χ0v) is 11.9. The summed E-state index contributed by atoms with van der Waals surface area (Å²) in [6, 6.07) is 18.5. The minimum atomic E-state index is -0.522. The summed E-state index contributed by atoms with van der Waals surface area (Å²) in [4.78, 5) is 25.1. The largest absolute Gasteiger partial charge is 0.460 e. The Kier molecular flexibility index (Phi) is 5.10. The predicted molar refractivity (Wildman–Crippen MR) is 80.7 cm³/mol. The van der Waals surface area contributed by atoms with Crippen molar-refractivity contribution in [3.05, 3.63) is 66.2 Å². The lowest BCUT2D eigenvalue weighted by molar-refractivity contribution is -0.147. The summed E-state index contributed by atoms with van der Waals surface area (Å²) >= 11 is 0. The first-order valence-corrected chi connectivity index (χ1v) is 6.68. The number of para-hydroxylation sites is 1. The molecule has 0 fully saturated rings. The molecule has 0 aliphatic carbocycles. The SMILES string of the molecule is CN(C(=O)CC(=O)OCc1ccccc1)c1ccccc1. The van der Waals surface area contributed by atoms with Gasteiger partial charge >= 0.3 is 5.97 Å². The smallest absolute Gasteiger partial charge is 0.315 e. The molecule has 0 aliphatic rings. The van der Waals surface area contributed by atoms with Gasteiger partial charge in [0.05, 0.1) is 0 Å². The summed E-state index contributed by atoms with van der Waals surface area (Å²) < 4.78 is 5.10. The molecule has 4 nitrogen and oxygen atoms in total. The van der Waals surface area contributed by atoms with Crippen molar-refractivity contribution in [1.82, 2.24) is 0 Å². The molecule has 0 N–H and O–H groups in total. The molecule has 0 saturated carbocycles. The first kappa shape index (κ1) is 14.8. The van der Waals surface area contributed by atoms with E-state index in [0.29, 0.717) is 0 Å². The number of rotatable bonds is 5. The molecule has 0 saturated heterocycles. The van der Waals surface area contributed by atoms with Crippen LogP contribution in [0.25, 0.3) is 0 Å². The summed E-state index contributed by atoms with van der Waals surface area (Å²) in [7, 11) is 1.64. The molecule has 4 heteroatoms. The molecule has 108 valence electrons. The van der Waals surface area contributed by atoms with Crippen molar-refractivity contribution in [2.75, 3.05) is 11.9 Å². The average molecular weight is 283 g/mol. The standard InChI is InChI=1S/C17H17NO3/c1-18(15-10-6-3-7-11-15)16(19)12-17(20)21-13-14-8-4-2-5-9-14/h2-11H,12-13H2,1H3. The first-order valence-electron chi connectivity index (χ1n) is 6.68. The number of carbonyl (C=O) groups is 2. The Morgan fingerprint density at radius 2 is 1.52 bits per heavy atom. The molecule has 2 aromatic rings. The third kappa shape index (κ3) is 4.45. The number of benzene rings is 2. The Morgan fingerprint density at radius 3 is 2.14 bits per heavy atom. The number of anilines is 1. The second-order valence-corrected chi connectivity index (χ2v) is 4.61. The molecular weight excluding hydrogens is 266 g/mol. The van der Waals surface area contributed by atoms with Gasteiger partial charge in [-0.15, -0.1) is 0 Å². The Bertz CT molecular complexity index is 596. The summed E-state index contributed by atoms with van der Waals surface area (Å²) in [5, 5.41) is 0. The van der Waals surface area contributed by atoms with E-state index in [-0.39, 0.29) is 18.9 Å². The predicted octanol–water partition coefficient (Wildman–Crippen LogP) is 2.78. The molecule has 0 spiro atoms. The summed E-state index contributed by atoms with van der Waals surface area (Å²) in [5.74, 6) is -0.814. The van der Waals surface area contributed by atoms with Gasteiger partial charge in [0.1, 0.15) is 13.0 Å². The third-order valence-electron chi connectivity index (χ3n) is 3.06. The number of ether oxygens (including phenoxy) is 1. The molecule has 0 aromatic heterocycles. The van der Waals surface area contributed by atoms with Gasteiger partial charge in [0, 0.05) is 12.7 Å². The van der Waals surface area contributed by atoms with E-state index in [4.69, 9.17) is 4.74 Å². The topological polar surface area (TPSA) is 46.6 Å². The molecule has 1 amide bonds. The van der Waals surface area contributed by atoms with Gasteiger partial charge in [0.15, 0.2) is 0 Å². The van der Waals surface area contributed by atoms with Gasteiger partial charge in [-0.1, -0.05) is 48.5 Å². The van der Waals surface area contributed by atoms with Crippen molar-refractivity contribution >= 4 is 17.6 Å². The van der Waals surface area contributed by atoms with Crippen LogP contribution < -0.4 is 4.90 Å². The highest BCUT2D eigenvalue weighted by molar-refractivity contribution is 6.03. The lowest BCUT2D eigenvalue weighted by Crippen LogP contribution is -2.28. The quantitative estimate of drug-likeness (QED) is 0.626. The second kappa shape index (κ2) is 7.24. The number of carbonyl (C=O) groups excluding carboxylic acids is 2. The van der Waals surface area contributed by atoms with Crippen LogP contribution in [0.4, 0.5) is 5.69 Å². The fourth-order valence-corrected chi connectivity index (χ4v) is 1.83. The second-order valence-electron chi connectivity index (χ2n) is 4.61. The van der Waals surface area contributed by atoms with Crippen LogP contribution in [-0.2, 0) is 20.9 Å². The average Bonchev–Trinajstić information content (AvgIpc) is 2.54. The lowest BCUT2D eigenvalue weighted by Gasteiger charge is -2.16. The highest BCUT2D eigenvalue weighted by Gasteiger charge is 2.16. The molecule has 0 heterocycles. The maximum Gasteiger partial charge on any atom is 0.315 e. The molecule has 0 aliphatic heterocycles. The van der Waals surface area contributed by atoms with E-state index >= 15 is 0 Å². The van der Waals surface area contributed by atoms with Gasteiger partial charge in [-0.3, -0.25) is 9.59 Å². The molecule has 21 heavy (non-hydrogen) atoms. The van der Waals surface area contributed by atoms with Crippen molar-refractivity contribution in [3.8, 4) is 0 Å². The molecular formula is C17H17NO3. The van der Waals surface area contributed by atoms with Gasteiger partial charge < -0.3 is 9.64 Å². The Hall–Kier alpha value is -2.62. The molecule has 0 unspecified atom stereocenters. The van der Waals surface area contributed by atoms with Crippen molar-refractivity contribution in [2.45, 2.75) is 13.0 Å². The van der Waals surface area contributed by atoms with Gasteiger partial charge in [-0.2, -0.15) is 0 Å². The van der Waals surface area contributed by atoms with Crippen LogP contribution in [0.2, 0.25) is 0 Å². The minimum Gasteiger partial charge on any atom is -0.460 e. The van der Waals surface area contributed by atoms with E-state index in [1.165, 1.54) is 4.90 Å². The maximum absolute atomic E-state index is 12.0. The van der Waals surface area contributed by atoms with Crippen LogP contribution in [0.3, 0.4) is 0 Å². The van der Waals surface area contributed by atoms with Crippen molar-refractivity contribution in [2.24, 2.45) is 0 Å². The van der Waals surface area contributed by atoms with Gasteiger partial charge in [0.2, 0.25) is 5.91 Å². The Labute approximate surface area is 124 Å². The fraction of sp³-hybridized carbons (Fsp3) is 0.176. The van der Waals surface area contributed by atoms with E-state index in [9.17, 15) is 9.59 Å². The number of hydrogen-bond donors (Lipinski definition) is 0. The maximum atomic E-state index is 12.0. The molecule has 0 atom stereocenters. The summed E-state index contributed by atoms with van der Waals surface area (Å²) in [5.41, 5.74) is 1.65. The summed E-state index contributed by atoms with van der Waals surface area (Å²) in [6.45, 7) is 0.183. The molecule has 0 bridgehead atoms. The monoisotopic (exact) mass is 283 g/mol. The number of hydrogen-bond acceptors (Lipinski definition) is 3. The Morgan fingerprint density at radius 1 is 0.952 bits per heavy atom. The van der Waals surface area contributed by atoms with E-state index in [2.05, 4.69) is 0 Å². The van der Waals surface area contributed by atoms with E-state index in [1.807, 2.05) is 60.7 Å². The van der Waals surface area contributed by atoms with Crippen LogP contribution in [0, 0.1) is 0 Å². The van der Waals surface area contributed by atoms with Crippen LogP contribution >= 0.6 is 0 Å². The zero-order chi connectivity index (χ0) is 15.1. The number of amides is 1. The van der Waals surface area contributed by atoms with Crippen LogP contribution in [0.15, 0.2) is 60.7 Å². The van der Waals surface area contributed by atoms with E-state index < -0.39 is 5.97 Å². The van der Waals surface area contributed by atoms with Crippen molar-refractivity contribution in [1.29, 1.82) is 0 Å². The van der Waals surface area contributed by atoms with Crippen LogP contribution in [0.5, 0.6) is 0 Å². The summed E-state index contributed by atoms with van der Waals surface area (Å²) in [6.07, 6.45) is -0.266. The van der Waals surface area contributed by atoms with Gasteiger partial charge in [-0.25, -0.2) is 0 Å². The first-order chi connectivity index (χ1) is 10.2. The number of nitrogens with zero attached hydrogens (tertiary/aromatic N) is 1.